The monoisotopic (exact) mass is 485 g/mol. The number of guanidine groups is 1. The molecule has 0 spiro atoms. The molecule has 1 aliphatic carbocycles. The summed E-state index contributed by atoms with van der Waals surface area (Å²) < 4.78 is 22.9. The van der Waals surface area contributed by atoms with Crippen molar-refractivity contribution in [2.45, 2.75) is 30.6 Å². The van der Waals surface area contributed by atoms with Crippen LogP contribution >= 0.6 is 24.0 Å². The lowest BCUT2D eigenvalue weighted by Crippen LogP contribution is -2.23. The lowest BCUT2D eigenvalue weighted by molar-refractivity contribution is 0.602. The number of hydrogen-bond acceptors (Lipinski definition) is 3. The summed E-state index contributed by atoms with van der Waals surface area (Å²) >= 11 is 0. The maximum Gasteiger partial charge on any atom is 0.193 e. The van der Waals surface area contributed by atoms with Crippen molar-refractivity contribution in [1.29, 1.82) is 0 Å². The van der Waals surface area contributed by atoms with Gasteiger partial charge in [0.1, 0.15) is 0 Å². The summed E-state index contributed by atoms with van der Waals surface area (Å²) in [5.41, 5.74) is 10.8. The highest BCUT2D eigenvalue weighted by atomic mass is 127. The van der Waals surface area contributed by atoms with Gasteiger partial charge in [-0.1, -0.05) is 18.2 Å². The van der Waals surface area contributed by atoms with E-state index in [1.807, 2.05) is 18.2 Å². The van der Waals surface area contributed by atoms with E-state index in [2.05, 4.69) is 22.4 Å². The van der Waals surface area contributed by atoms with Crippen LogP contribution in [0.1, 0.15) is 23.1 Å². The highest BCUT2D eigenvalue weighted by Gasteiger charge is 2.11. The molecule has 1 aliphatic rings. The zero-order chi connectivity index (χ0) is 17.9. The fourth-order valence-corrected chi connectivity index (χ4v) is 3.68. The second-order valence-electron chi connectivity index (χ2n) is 6.40. The Hall–Kier alpha value is -1.61. The number of anilines is 1. The van der Waals surface area contributed by atoms with E-state index in [0.29, 0.717) is 23.8 Å². The molecule has 0 saturated heterocycles. The normalized spacial score (nSPS) is 13.8. The zero-order valence-corrected chi connectivity index (χ0v) is 17.9. The van der Waals surface area contributed by atoms with Crippen LogP contribution in [0.5, 0.6) is 0 Å². The molecule has 0 unspecified atom stereocenters. The number of rotatable bonds is 5. The van der Waals surface area contributed by atoms with Gasteiger partial charge in [0, 0.05) is 18.5 Å². The molecule has 0 aliphatic heterocycles. The molecule has 0 amide bonds. The Bertz CT molecular complexity index is 894. The van der Waals surface area contributed by atoms with Crippen LogP contribution in [0.15, 0.2) is 52.4 Å². The molecule has 2 aromatic carbocycles. The predicted molar refractivity (Wildman–Crippen MR) is 117 cm³/mol. The number of aliphatic imine (C=N–C) groups is 1. The minimum absolute atomic E-state index is 0. The fourth-order valence-electron chi connectivity index (χ4n) is 3.05. The van der Waals surface area contributed by atoms with E-state index in [1.54, 1.807) is 12.1 Å². The van der Waals surface area contributed by atoms with Crippen LogP contribution in [0.4, 0.5) is 5.69 Å². The summed E-state index contributed by atoms with van der Waals surface area (Å²) in [6.45, 7) is 0.544. The highest BCUT2D eigenvalue weighted by molar-refractivity contribution is 14.0. The van der Waals surface area contributed by atoms with Crippen molar-refractivity contribution in [2.24, 2.45) is 10.7 Å². The molecular weight excluding hydrogens is 461 g/mol. The Kier molecular flexibility index (Phi) is 7.05. The van der Waals surface area contributed by atoms with Gasteiger partial charge in [-0.3, -0.25) is 4.99 Å². The van der Waals surface area contributed by atoms with E-state index < -0.39 is 9.84 Å². The molecule has 3 N–H and O–H groups in total. The second kappa shape index (κ2) is 8.85. The molecule has 0 fully saturated rings. The van der Waals surface area contributed by atoms with E-state index in [1.165, 1.54) is 23.8 Å². The van der Waals surface area contributed by atoms with Crippen molar-refractivity contribution in [3.8, 4) is 0 Å². The maximum atomic E-state index is 11.4. The van der Waals surface area contributed by atoms with Crippen molar-refractivity contribution in [1.82, 2.24) is 0 Å². The maximum absolute atomic E-state index is 11.4. The summed E-state index contributed by atoms with van der Waals surface area (Å²) in [6, 6.07) is 13.2. The Balaban J connectivity index is 0.00000243. The van der Waals surface area contributed by atoms with Crippen LogP contribution in [0.3, 0.4) is 0 Å². The van der Waals surface area contributed by atoms with E-state index in [0.717, 1.165) is 24.1 Å². The smallest absolute Gasteiger partial charge is 0.193 e. The standard InChI is InChI=1S/C19H23N3O2S.HI/c1-25(23,24)18-9-5-14(6-10-18)11-12-21-19(20)22-17-8-7-15-3-2-4-16(15)13-17;/h5-10,13H,2-4,11-12H2,1H3,(H3,20,21,22);1H. The summed E-state index contributed by atoms with van der Waals surface area (Å²) in [4.78, 5) is 4.68. The Morgan fingerprint density at radius 2 is 1.81 bits per heavy atom. The third-order valence-corrected chi connectivity index (χ3v) is 5.53. The van der Waals surface area contributed by atoms with Gasteiger partial charge in [-0.05, 0) is 66.6 Å². The fraction of sp³-hybridized carbons (Fsp3) is 0.316. The molecule has 0 aromatic heterocycles. The Labute approximate surface area is 172 Å². The molecule has 5 nitrogen and oxygen atoms in total. The van der Waals surface area contributed by atoms with Gasteiger partial charge in [-0.15, -0.1) is 24.0 Å². The van der Waals surface area contributed by atoms with Crippen molar-refractivity contribution in [2.75, 3.05) is 18.1 Å². The minimum atomic E-state index is -3.15. The van der Waals surface area contributed by atoms with Crippen LogP contribution in [0.2, 0.25) is 0 Å². The van der Waals surface area contributed by atoms with E-state index in [9.17, 15) is 8.42 Å². The number of fused-ring (bicyclic) bond motifs is 1. The number of nitrogens with one attached hydrogen (secondary N) is 1. The van der Waals surface area contributed by atoms with Gasteiger partial charge < -0.3 is 11.1 Å². The van der Waals surface area contributed by atoms with E-state index in [-0.39, 0.29) is 24.0 Å². The number of nitrogens with zero attached hydrogens (tertiary/aromatic N) is 1. The van der Waals surface area contributed by atoms with Gasteiger partial charge in [-0.2, -0.15) is 0 Å². The molecule has 0 bridgehead atoms. The largest absolute Gasteiger partial charge is 0.370 e. The molecular formula is C19H24IN3O2S. The van der Waals surface area contributed by atoms with E-state index in [4.69, 9.17) is 5.73 Å². The first-order valence-electron chi connectivity index (χ1n) is 8.39. The average molecular weight is 485 g/mol. The molecule has 140 valence electrons. The van der Waals surface area contributed by atoms with Crippen LogP contribution in [0, 0.1) is 0 Å². The molecule has 0 saturated carbocycles. The van der Waals surface area contributed by atoms with Gasteiger partial charge in [0.05, 0.1) is 4.90 Å². The van der Waals surface area contributed by atoms with Gasteiger partial charge in [0.2, 0.25) is 0 Å². The molecule has 3 rings (SSSR count). The number of benzene rings is 2. The van der Waals surface area contributed by atoms with Gasteiger partial charge >= 0.3 is 0 Å². The Morgan fingerprint density at radius 1 is 1.12 bits per heavy atom. The summed E-state index contributed by atoms with van der Waals surface area (Å²) in [7, 11) is -3.15. The van der Waals surface area contributed by atoms with Gasteiger partial charge in [0.25, 0.3) is 0 Å². The number of sulfone groups is 1. The summed E-state index contributed by atoms with van der Waals surface area (Å²) in [5, 5.41) is 3.14. The topological polar surface area (TPSA) is 84.5 Å². The molecule has 7 heteroatoms. The third-order valence-electron chi connectivity index (χ3n) is 4.41. The van der Waals surface area contributed by atoms with Crippen LogP contribution < -0.4 is 11.1 Å². The lowest BCUT2D eigenvalue weighted by atomic mass is 10.1. The molecule has 2 aromatic rings. The minimum Gasteiger partial charge on any atom is -0.370 e. The quantitative estimate of drug-likeness (QED) is 0.387. The van der Waals surface area contributed by atoms with Crippen molar-refractivity contribution in [3.05, 3.63) is 59.2 Å². The van der Waals surface area contributed by atoms with Gasteiger partial charge in [0.15, 0.2) is 15.8 Å². The van der Waals surface area contributed by atoms with E-state index >= 15 is 0 Å². The second-order valence-corrected chi connectivity index (χ2v) is 8.41. The average Bonchev–Trinajstić information content (AvgIpc) is 3.02. The number of aryl methyl sites for hydroxylation is 2. The third kappa shape index (κ3) is 5.44. The van der Waals surface area contributed by atoms with Crippen molar-refractivity contribution in [3.63, 3.8) is 0 Å². The number of nitrogens with two attached hydrogens (primary N) is 1. The number of halogens is 1. The molecule has 0 radical (unpaired) electrons. The predicted octanol–water partition coefficient (Wildman–Crippen LogP) is 3.17. The van der Waals surface area contributed by atoms with Crippen LogP contribution in [-0.4, -0.2) is 27.2 Å². The summed E-state index contributed by atoms with van der Waals surface area (Å²) in [6.07, 6.45) is 5.43. The first kappa shape index (κ1) is 20.7. The molecule has 26 heavy (non-hydrogen) atoms. The molecule has 0 atom stereocenters. The van der Waals surface area contributed by atoms with Crippen molar-refractivity contribution >= 4 is 45.5 Å². The first-order chi connectivity index (χ1) is 11.9. The van der Waals surface area contributed by atoms with Crippen LogP contribution in [0.25, 0.3) is 0 Å². The summed E-state index contributed by atoms with van der Waals surface area (Å²) in [5.74, 6) is 0.394. The van der Waals surface area contributed by atoms with Crippen LogP contribution in [-0.2, 0) is 29.1 Å². The lowest BCUT2D eigenvalue weighted by Gasteiger charge is -2.08. The highest BCUT2D eigenvalue weighted by Crippen LogP contribution is 2.24. The SMILES string of the molecule is CS(=O)(=O)c1ccc(CCN=C(N)Nc2ccc3c(c2)CCC3)cc1.I. The van der Waals surface area contributed by atoms with Gasteiger partial charge in [-0.25, -0.2) is 8.42 Å². The molecule has 0 heterocycles. The first-order valence-corrected chi connectivity index (χ1v) is 10.3. The zero-order valence-electron chi connectivity index (χ0n) is 14.7. The van der Waals surface area contributed by atoms with Crippen molar-refractivity contribution < 1.29 is 8.42 Å². The Morgan fingerprint density at radius 3 is 2.50 bits per heavy atom. The number of hydrogen-bond donors (Lipinski definition) is 2.